The lowest BCUT2D eigenvalue weighted by Crippen LogP contribution is -2.13. The maximum Gasteiger partial charge on any atom is 0.262 e. The minimum Gasteiger partial charge on any atom is -0.493 e. The van der Waals surface area contributed by atoms with Gasteiger partial charge >= 0.3 is 0 Å². The Hall–Kier alpha value is -3.52. The average Bonchev–Trinajstić information content (AvgIpc) is 3.12. The number of hydrogen-bond acceptors (Lipinski definition) is 5. The number of methoxy groups -OCH3 is 2. The summed E-state index contributed by atoms with van der Waals surface area (Å²) in [6, 6.07) is 19.9. The van der Waals surface area contributed by atoms with E-state index in [1.807, 2.05) is 43.4 Å². The monoisotopic (exact) mass is 451 g/mol. The maximum absolute atomic E-state index is 12.9. The molecular weight excluding hydrogens is 426 g/mol. The summed E-state index contributed by atoms with van der Waals surface area (Å²) in [4.78, 5) is 4.81. The minimum absolute atomic E-state index is 0.0975. The van der Waals surface area contributed by atoms with Crippen molar-refractivity contribution in [1.29, 1.82) is 0 Å². The van der Waals surface area contributed by atoms with E-state index in [-0.39, 0.29) is 4.90 Å². The van der Waals surface area contributed by atoms with Crippen molar-refractivity contribution in [2.45, 2.75) is 17.7 Å². The summed E-state index contributed by atoms with van der Waals surface area (Å²) in [7, 11) is 1.20. The van der Waals surface area contributed by atoms with Crippen LogP contribution in [0.2, 0.25) is 0 Å². The highest BCUT2D eigenvalue weighted by molar-refractivity contribution is 7.92. The van der Waals surface area contributed by atoms with Crippen molar-refractivity contribution in [1.82, 2.24) is 9.55 Å². The SMILES string of the molecule is COc1ccc(S(=O)(=O)Nc2cccc(CCc3nc4ccccc4n3C)c2)cc1OC. The predicted octanol–water partition coefficient (Wildman–Crippen LogP) is 4.18. The second-order valence-electron chi connectivity index (χ2n) is 7.40. The molecule has 0 spiro atoms. The zero-order chi connectivity index (χ0) is 22.7. The summed E-state index contributed by atoms with van der Waals surface area (Å²) in [5, 5.41) is 0. The molecule has 0 aliphatic carbocycles. The second kappa shape index (κ2) is 8.92. The van der Waals surface area contributed by atoms with Crippen molar-refractivity contribution >= 4 is 26.7 Å². The van der Waals surface area contributed by atoms with E-state index in [0.717, 1.165) is 35.3 Å². The molecule has 1 N–H and O–H groups in total. The second-order valence-corrected chi connectivity index (χ2v) is 9.08. The van der Waals surface area contributed by atoms with Gasteiger partial charge in [-0.15, -0.1) is 0 Å². The fraction of sp³-hybridized carbons (Fsp3) is 0.208. The van der Waals surface area contributed by atoms with E-state index in [0.29, 0.717) is 17.2 Å². The smallest absolute Gasteiger partial charge is 0.262 e. The molecule has 4 rings (SSSR count). The normalized spacial score (nSPS) is 11.5. The molecule has 0 unspecified atom stereocenters. The number of anilines is 1. The maximum atomic E-state index is 12.9. The van der Waals surface area contributed by atoms with Crippen LogP contribution in [0, 0.1) is 0 Å². The van der Waals surface area contributed by atoms with Crippen LogP contribution < -0.4 is 14.2 Å². The first-order valence-electron chi connectivity index (χ1n) is 10.2. The standard InChI is InChI=1S/C24H25N3O4S/c1-27-21-10-5-4-9-20(21)25-24(27)14-11-17-7-6-8-18(15-17)26-32(28,29)19-12-13-22(30-2)23(16-19)31-3/h4-10,12-13,15-16,26H,11,14H2,1-3H3. The van der Waals surface area contributed by atoms with Crippen LogP contribution in [-0.2, 0) is 29.9 Å². The Balaban J connectivity index is 1.50. The van der Waals surface area contributed by atoms with E-state index in [4.69, 9.17) is 14.5 Å². The molecule has 4 aromatic rings. The Morgan fingerprint density at radius 2 is 1.69 bits per heavy atom. The lowest BCUT2D eigenvalue weighted by Gasteiger charge is -2.12. The summed E-state index contributed by atoms with van der Waals surface area (Å²) < 4.78 is 40.9. The molecule has 166 valence electrons. The zero-order valence-electron chi connectivity index (χ0n) is 18.2. The van der Waals surface area contributed by atoms with Gasteiger partial charge in [0.05, 0.1) is 30.1 Å². The third-order valence-electron chi connectivity index (χ3n) is 5.36. The van der Waals surface area contributed by atoms with Crippen LogP contribution in [0.4, 0.5) is 5.69 Å². The first-order chi connectivity index (χ1) is 15.4. The molecule has 1 heterocycles. The quantitative estimate of drug-likeness (QED) is 0.435. The molecular formula is C24H25N3O4S. The van der Waals surface area contributed by atoms with Gasteiger partial charge in [-0.25, -0.2) is 13.4 Å². The van der Waals surface area contributed by atoms with Gasteiger partial charge in [0.25, 0.3) is 10.0 Å². The van der Waals surface area contributed by atoms with Gasteiger partial charge in [-0.3, -0.25) is 4.72 Å². The first-order valence-corrected chi connectivity index (χ1v) is 11.6. The van der Waals surface area contributed by atoms with E-state index < -0.39 is 10.0 Å². The lowest BCUT2D eigenvalue weighted by molar-refractivity contribution is 0.354. The van der Waals surface area contributed by atoms with Gasteiger partial charge in [-0.05, 0) is 48.4 Å². The fourth-order valence-corrected chi connectivity index (χ4v) is 4.73. The van der Waals surface area contributed by atoms with Crippen molar-refractivity contribution in [2.75, 3.05) is 18.9 Å². The van der Waals surface area contributed by atoms with Crippen molar-refractivity contribution in [3.63, 3.8) is 0 Å². The van der Waals surface area contributed by atoms with Crippen LogP contribution in [-0.4, -0.2) is 32.2 Å². The lowest BCUT2D eigenvalue weighted by atomic mass is 10.1. The van der Waals surface area contributed by atoms with Gasteiger partial charge in [0, 0.05) is 25.2 Å². The number of benzene rings is 3. The number of para-hydroxylation sites is 2. The van der Waals surface area contributed by atoms with Crippen molar-refractivity contribution in [2.24, 2.45) is 7.05 Å². The number of ether oxygens (including phenoxy) is 2. The number of rotatable bonds is 8. The summed E-state index contributed by atoms with van der Waals surface area (Å²) >= 11 is 0. The van der Waals surface area contributed by atoms with Gasteiger partial charge in [0.2, 0.25) is 0 Å². The third-order valence-corrected chi connectivity index (χ3v) is 6.74. The molecule has 1 aromatic heterocycles. The van der Waals surface area contributed by atoms with Crippen molar-refractivity contribution < 1.29 is 17.9 Å². The van der Waals surface area contributed by atoms with E-state index in [2.05, 4.69) is 15.4 Å². The Bertz CT molecular complexity index is 1360. The number of nitrogens with one attached hydrogen (secondary N) is 1. The zero-order valence-corrected chi connectivity index (χ0v) is 19.0. The van der Waals surface area contributed by atoms with Crippen LogP contribution in [0.1, 0.15) is 11.4 Å². The topological polar surface area (TPSA) is 82.5 Å². The molecule has 0 atom stereocenters. The van der Waals surface area contributed by atoms with Crippen LogP contribution in [0.25, 0.3) is 11.0 Å². The molecule has 0 amide bonds. The number of aryl methyl sites for hydroxylation is 3. The van der Waals surface area contributed by atoms with Crippen LogP contribution >= 0.6 is 0 Å². The molecule has 0 saturated carbocycles. The highest BCUT2D eigenvalue weighted by atomic mass is 32.2. The number of imidazole rings is 1. The predicted molar refractivity (Wildman–Crippen MR) is 125 cm³/mol. The summed E-state index contributed by atoms with van der Waals surface area (Å²) in [6.07, 6.45) is 1.49. The number of hydrogen-bond donors (Lipinski definition) is 1. The van der Waals surface area contributed by atoms with Crippen LogP contribution in [0.15, 0.2) is 71.6 Å². The number of nitrogens with zero attached hydrogens (tertiary/aromatic N) is 2. The number of sulfonamides is 1. The Labute approximate surface area is 187 Å². The van der Waals surface area contributed by atoms with Crippen LogP contribution in [0.3, 0.4) is 0 Å². The van der Waals surface area contributed by atoms with Gasteiger partial charge in [0.1, 0.15) is 5.82 Å². The van der Waals surface area contributed by atoms with E-state index in [1.54, 1.807) is 12.1 Å². The molecule has 32 heavy (non-hydrogen) atoms. The fourth-order valence-electron chi connectivity index (χ4n) is 3.66. The minimum atomic E-state index is -3.78. The van der Waals surface area contributed by atoms with Crippen LogP contribution in [0.5, 0.6) is 11.5 Å². The number of aromatic nitrogens is 2. The Kier molecular flexibility index (Phi) is 6.05. The molecule has 0 saturated heterocycles. The highest BCUT2D eigenvalue weighted by Gasteiger charge is 2.17. The van der Waals surface area contributed by atoms with Gasteiger partial charge in [-0.1, -0.05) is 24.3 Å². The third kappa shape index (κ3) is 4.40. The first kappa shape index (κ1) is 21.7. The van der Waals surface area contributed by atoms with E-state index in [1.165, 1.54) is 26.4 Å². The molecule has 0 fully saturated rings. The largest absolute Gasteiger partial charge is 0.493 e. The van der Waals surface area contributed by atoms with Gasteiger partial charge in [0.15, 0.2) is 11.5 Å². The molecule has 0 bridgehead atoms. The van der Waals surface area contributed by atoms with Gasteiger partial charge in [-0.2, -0.15) is 0 Å². The molecule has 3 aromatic carbocycles. The van der Waals surface area contributed by atoms with E-state index in [9.17, 15) is 8.42 Å². The summed E-state index contributed by atoms with van der Waals surface area (Å²) in [6.45, 7) is 0. The van der Waals surface area contributed by atoms with Crippen molar-refractivity contribution in [3.05, 3.63) is 78.1 Å². The van der Waals surface area contributed by atoms with Gasteiger partial charge < -0.3 is 14.0 Å². The van der Waals surface area contributed by atoms with Crippen molar-refractivity contribution in [3.8, 4) is 11.5 Å². The molecule has 0 radical (unpaired) electrons. The Morgan fingerprint density at radius 3 is 2.44 bits per heavy atom. The molecule has 7 nitrogen and oxygen atoms in total. The summed E-state index contributed by atoms with van der Waals surface area (Å²) in [5.41, 5.74) is 3.59. The average molecular weight is 452 g/mol. The Morgan fingerprint density at radius 1 is 0.906 bits per heavy atom. The summed E-state index contributed by atoms with van der Waals surface area (Å²) in [5.74, 6) is 1.81. The molecule has 8 heteroatoms. The molecule has 0 aliphatic rings. The van der Waals surface area contributed by atoms with E-state index >= 15 is 0 Å². The highest BCUT2D eigenvalue weighted by Crippen LogP contribution is 2.30. The number of fused-ring (bicyclic) bond motifs is 1. The molecule has 0 aliphatic heterocycles.